The maximum atomic E-state index is 14.7. The Kier molecular flexibility index (Phi) is 7.27. The Balaban J connectivity index is 1.93. The fourth-order valence-electron chi connectivity index (χ4n) is 3.68. The van der Waals surface area contributed by atoms with Crippen LogP contribution in [0.4, 0.5) is 23.2 Å². The van der Waals surface area contributed by atoms with E-state index in [1.165, 1.54) is 6.07 Å². The second-order valence-electron chi connectivity index (χ2n) is 8.02. The lowest BCUT2D eigenvalue weighted by Crippen LogP contribution is -2.37. The highest BCUT2D eigenvalue weighted by atomic mass is 35.5. The van der Waals surface area contributed by atoms with Crippen LogP contribution in [0.1, 0.15) is 27.4 Å². The summed E-state index contributed by atoms with van der Waals surface area (Å²) in [6.07, 6.45) is -4.87. The Morgan fingerprint density at radius 3 is 2.33 bits per heavy atom. The zero-order chi connectivity index (χ0) is 28.9. The van der Waals surface area contributed by atoms with Crippen LogP contribution in [0.15, 0.2) is 47.3 Å². The van der Waals surface area contributed by atoms with Gasteiger partial charge < -0.3 is 25.7 Å². The van der Waals surface area contributed by atoms with Gasteiger partial charge in [0.1, 0.15) is 17.0 Å². The molecule has 1 amide bonds. The summed E-state index contributed by atoms with van der Waals surface area (Å²) >= 11 is 11.5. The predicted molar refractivity (Wildman–Crippen MR) is 129 cm³/mol. The predicted octanol–water partition coefficient (Wildman–Crippen LogP) is 3.35. The molecule has 2 aromatic carbocycles. The van der Waals surface area contributed by atoms with Crippen LogP contribution in [-0.4, -0.2) is 40.9 Å². The summed E-state index contributed by atoms with van der Waals surface area (Å²) in [4.78, 5) is 33.5. The zero-order valence-corrected chi connectivity index (χ0v) is 20.5. The third-order valence-corrected chi connectivity index (χ3v) is 5.95. The van der Waals surface area contributed by atoms with Gasteiger partial charge in [0.15, 0.2) is 10.9 Å². The number of hydrogen-bond acceptors (Lipinski definition) is 8. The summed E-state index contributed by atoms with van der Waals surface area (Å²) in [6.45, 7) is -0.995. The van der Waals surface area contributed by atoms with Crippen molar-refractivity contribution in [3.63, 3.8) is 0 Å². The number of hydrogen-bond donors (Lipinski definition) is 5. The molecular weight excluding hydrogens is 575 g/mol. The standard InChI is InChI=1S/C23H14Cl2F4N4O6/c24-11-7-14(30-18(25)17(11)34)19(35)31-13-6-5-12(26)16-15(13)20(36)33(21(32-16)23(37,38)39)8-9-3-1-2-4-10(9)22(27,28)29/h1-7,34,37-39H,8H2,(H,31,35). The molecule has 0 bridgehead atoms. The van der Waals surface area contributed by atoms with E-state index in [2.05, 4.69) is 15.3 Å². The highest BCUT2D eigenvalue weighted by Gasteiger charge is 2.35. The van der Waals surface area contributed by atoms with Gasteiger partial charge in [-0.15, -0.1) is 0 Å². The SMILES string of the molecule is O=C(Nc1ccc(F)c2nc(C(O)(O)O)n(Cc3ccccc3C(F)(F)F)c(=O)c12)c1cc(Cl)c(O)c(Cl)n1. The highest BCUT2D eigenvalue weighted by molar-refractivity contribution is 6.36. The number of aromatic nitrogens is 3. The Hall–Kier alpha value is -3.82. The molecule has 0 atom stereocenters. The molecule has 0 aliphatic rings. The second kappa shape index (κ2) is 10.1. The number of fused-ring (bicyclic) bond motifs is 1. The summed E-state index contributed by atoms with van der Waals surface area (Å²) in [6, 6.07) is 6.63. The van der Waals surface area contributed by atoms with E-state index in [9.17, 15) is 47.6 Å². The van der Waals surface area contributed by atoms with Crippen molar-refractivity contribution in [2.45, 2.75) is 18.7 Å². The Morgan fingerprint density at radius 2 is 1.72 bits per heavy atom. The quantitative estimate of drug-likeness (QED) is 0.135. The number of carbonyl (C=O) groups excluding carboxylic acids is 1. The fraction of sp³-hybridized carbons (Fsp3) is 0.130. The van der Waals surface area contributed by atoms with Gasteiger partial charge in [-0.25, -0.2) is 14.4 Å². The molecular formula is C23H14Cl2F4N4O6. The molecule has 0 unspecified atom stereocenters. The van der Waals surface area contributed by atoms with Crippen molar-refractivity contribution in [2.75, 3.05) is 5.32 Å². The average molecular weight is 589 g/mol. The number of aliphatic hydroxyl groups is 3. The lowest BCUT2D eigenvalue weighted by Gasteiger charge is -2.22. The van der Waals surface area contributed by atoms with Crippen LogP contribution in [0.2, 0.25) is 10.2 Å². The van der Waals surface area contributed by atoms with Crippen LogP contribution < -0.4 is 10.9 Å². The number of pyridine rings is 1. The molecule has 0 fully saturated rings. The van der Waals surface area contributed by atoms with Gasteiger partial charge in [-0.2, -0.15) is 13.2 Å². The van der Waals surface area contributed by atoms with E-state index in [0.717, 1.165) is 30.3 Å². The van der Waals surface area contributed by atoms with Crippen molar-refractivity contribution in [3.8, 4) is 5.75 Å². The number of amides is 1. The van der Waals surface area contributed by atoms with E-state index >= 15 is 0 Å². The van der Waals surface area contributed by atoms with Gasteiger partial charge in [0.2, 0.25) is 5.82 Å². The lowest BCUT2D eigenvalue weighted by molar-refractivity contribution is -0.330. The van der Waals surface area contributed by atoms with Gasteiger partial charge in [0.25, 0.3) is 11.5 Å². The number of rotatable bonds is 5. The minimum atomic E-state index is -4.87. The molecule has 0 spiro atoms. The first-order chi connectivity index (χ1) is 18.1. The summed E-state index contributed by atoms with van der Waals surface area (Å²) in [5.74, 6) is -8.04. The van der Waals surface area contributed by atoms with Crippen molar-refractivity contribution in [1.82, 2.24) is 14.5 Å². The zero-order valence-electron chi connectivity index (χ0n) is 19.0. The highest BCUT2D eigenvalue weighted by Crippen LogP contribution is 2.33. The molecule has 16 heteroatoms. The van der Waals surface area contributed by atoms with E-state index in [4.69, 9.17) is 23.2 Å². The second-order valence-corrected chi connectivity index (χ2v) is 8.78. The first-order valence-electron chi connectivity index (χ1n) is 10.5. The van der Waals surface area contributed by atoms with E-state index in [1.54, 1.807) is 0 Å². The third-order valence-electron chi connectivity index (χ3n) is 5.40. The van der Waals surface area contributed by atoms with Crippen molar-refractivity contribution in [3.05, 3.63) is 91.5 Å². The normalized spacial score (nSPS) is 12.1. The summed E-state index contributed by atoms with van der Waals surface area (Å²) < 4.78 is 55.7. The van der Waals surface area contributed by atoms with E-state index < -0.39 is 86.1 Å². The smallest absolute Gasteiger partial charge is 0.416 e. The van der Waals surface area contributed by atoms with Crippen molar-refractivity contribution in [1.29, 1.82) is 0 Å². The molecule has 2 heterocycles. The molecule has 0 aliphatic heterocycles. The number of carbonyl (C=O) groups is 1. The van der Waals surface area contributed by atoms with Gasteiger partial charge >= 0.3 is 12.1 Å². The number of aromatic hydroxyl groups is 1. The number of benzene rings is 2. The fourth-order valence-corrected chi connectivity index (χ4v) is 4.12. The molecule has 39 heavy (non-hydrogen) atoms. The van der Waals surface area contributed by atoms with Gasteiger partial charge in [0, 0.05) is 0 Å². The Morgan fingerprint density at radius 1 is 1.05 bits per heavy atom. The van der Waals surface area contributed by atoms with Gasteiger partial charge in [-0.1, -0.05) is 41.4 Å². The largest absolute Gasteiger partial charge is 0.504 e. The van der Waals surface area contributed by atoms with Crippen LogP contribution in [-0.2, 0) is 18.7 Å². The number of anilines is 1. The molecule has 10 nitrogen and oxygen atoms in total. The lowest BCUT2D eigenvalue weighted by atomic mass is 10.1. The maximum Gasteiger partial charge on any atom is 0.416 e. The monoisotopic (exact) mass is 588 g/mol. The molecule has 204 valence electrons. The minimum Gasteiger partial charge on any atom is -0.504 e. The number of halogens is 6. The van der Waals surface area contributed by atoms with E-state index in [1.807, 2.05) is 0 Å². The average Bonchev–Trinajstić information content (AvgIpc) is 2.84. The van der Waals surface area contributed by atoms with Crippen LogP contribution in [0, 0.1) is 5.82 Å². The summed E-state index contributed by atoms with van der Waals surface area (Å²) in [5.41, 5.74) is -4.77. The molecule has 0 saturated heterocycles. The first kappa shape index (κ1) is 28.2. The van der Waals surface area contributed by atoms with Gasteiger partial charge in [-0.3, -0.25) is 14.2 Å². The van der Waals surface area contributed by atoms with Gasteiger partial charge in [-0.05, 0) is 29.8 Å². The molecule has 5 N–H and O–H groups in total. The first-order valence-corrected chi connectivity index (χ1v) is 11.3. The molecule has 4 rings (SSSR count). The number of nitrogens with one attached hydrogen (secondary N) is 1. The van der Waals surface area contributed by atoms with Gasteiger partial charge in [0.05, 0.1) is 28.2 Å². The van der Waals surface area contributed by atoms with E-state index in [-0.39, 0.29) is 9.59 Å². The summed E-state index contributed by atoms with van der Waals surface area (Å²) in [7, 11) is 0. The number of nitrogens with zero attached hydrogens (tertiary/aromatic N) is 3. The summed E-state index contributed by atoms with van der Waals surface area (Å²) in [5, 5.41) is 39.7. The van der Waals surface area contributed by atoms with Crippen molar-refractivity contribution >= 4 is 45.7 Å². The van der Waals surface area contributed by atoms with Crippen LogP contribution in [0.5, 0.6) is 5.75 Å². The molecule has 4 aromatic rings. The van der Waals surface area contributed by atoms with E-state index in [0.29, 0.717) is 6.07 Å². The third kappa shape index (κ3) is 5.51. The van der Waals surface area contributed by atoms with Crippen LogP contribution in [0.3, 0.4) is 0 Å². The molecule has 0 saturated carbocycles. The Labute approximate surface area is 224 Å². The molecule has 0 aliphatic carbocycles. The topological polar surface area (TPSA) is 158 Å². The van der Waals surface area contributed by atoms with Crippen LogP contribution >= 0.6 is 23.2 Å². The van der Waals surface area contributed by atoms with Crippen molar-refractivity contribution in [2.24, 2.45) is 0 Å². The maximum absolute atomic E-state index is 14.7. The minimum absolute atomic E-state index is 0.286. The molecule has 0 radical (unpaired) electrons. The van der Waals surface area contributed by atoms with Crippen LogP contribution in [0.25, 0.3) is 10.9 Å². The number of alkyl halides is 3. The molecule has 2 aromatic heterocycles. The Bertz CT molecular complexity index is 1670. The van der Waals surface area contributed by atoms with Crippen molar-refractivity contribution < 1.29 is 42.8 Å².